The lowest BCUT2D eigenvalue weighted by atomic mass is 10.1. The molecule has 0 saturated heterocycles. The van der Waals surface area contributed by atoms with Gasteiger partial charge in [-0.05, 0) is 6.07 Å². The Kier molecular flexibility index (Phi) is 2.21. The number of phenols is 1. The van der Waals surface area contributed by atoms with E-state index in [4.69, 9.17) is 16.7 Å². The summed E-state index contributed by atoms with van der Waals surface area (Å²) in [5, 5.41) is 18.8. The number of hydrogen-bond acceptors (Lipinski definition) is 3. The van der Waals surface area contributed by atoms with Gasteiger partial charge in [-0.25, -0.2) is 4.79 Å². The molecule has 0 aliphatic carbocycles. The Bertz CT molecular complexity index is 554. The van der Waals surface area contributed by atoms with E-state index in [0.717, 1.165) is 6.20 Å². The van der Waals surface area contributed by atoms with Crippen molar-refractivity contribution in [2.75, 3.05) is 0 Å². The second-order valence-corrected chi connectivity index (χ2v) is 3.34. The van der Waals surface area contributed by atoms with Gasteiger partial charge in [-0.15, -0.1) is 0 Å². The highest BCUT2D eigenvalue weighted by Crippen LogP contribution is 2.30. The minimum Gasteiger partial charge on any atom is -0.506 e. The number of pyridine rings is 1. The van der Waals surface area contributed by atoms with Crippen LogP contribution in [0.2, 0.25) is 5.02 Å². The smallest absolute Gasteiger partial charge is 0.338 e. The summed E-state index contributed by atoms with van der Waals surface area (Å²) in [4.78, 5) is 14.6. The molecule has 0 amide bonds. The molecule has 2 rings (SSSR count). The molecule has 0 bridgehead atoms. The van der Waals surface area contributed by atoms with Crippen molar-refractivity contribution < 1.29 is 15.0 Å². The Hall–Kier alpha value is -1.81. The number of aromatic hydroxyl groups is 1. The number of phenolic OH excluding ortho intramolecular Hbond substituents is 1. The minimum absolute atomic E-state index is 0.0219. The van der Waals surface area contributed by atoms with Gasteiger partial charge in [-0.2, -0.15) is 0 Å². The summed E-state index contributed by atoms with van der Waals surface area (Å²) in [6, 6.07) is 4.65. The van der Waals surface area contributed by atoms with Gasteiger partial charge in [-0.1, -0.05) is 23.7 Å². The number of rotatable bonds is 1. The largest absolute Gasteiger partial charge is 0.506 e. The number of aromatic carboxylic acids is 1. The summed E-state index contributed by atoms with van der Waals surface area (Å²) < 4.78 is 0. The van der Waals surface area contributed by atoms with Gasteiger partial charge in [-0.3, -0.25) is 4.98 Å². The number of carbonyl (C=O) groups is 1. The summed E-state index contributed by atoms with van der Waals surface area (Å²) in [6.07, 6.45) is 1.13. The Morgan fingerprint density at radius 3 is 2.80 bits per heavy atom. The van der Waals surface area contributed by atoms with E-state index in [1.165, 1.54) is 6.07 Å². The number of carboxylic acid groups (broad SMARTS) is 1. The lowest BCUT2D eigenvalue weighted by Gasteiger charge is -2.04. The van der Waals surface area contributed by atoms with Crippen LogP contribution >= 0.6 is 11.6 Å². The van der Waals surface area contributed by atoms with Gasteiger partial charge in [0.05, 0.1) is 10.6 Å². The Labute approximate surface area is 89.8 Å². The summed E-state index contributed by atoms with van der Waals surface area (Å²) in [5.74, 6) is -1.16. The highest BCUT2D eigenvalue weighted by atomic mass is 35.5. The van der Waals surface area contributed by atoms with Crippen LogP contribution in [0.3, 0.4) is 0 Å². The fourth-order valence-electron chi connectivity index (χ4n) is 1.32. The van der Waals surface area contributed by atoms with E-state index in [1.54, 1.807) is 12.1 Å². The molecule has 0 atom stereocenters. The average molecular weight is 224 g/mol. The number of benzene rings is 1. The van der Waals surface area contributed by atoms with Crippen LogP contribution in [0.1, 0.15) is 10.4 Å². The summed E-state index contributed by atoms with van der Waals surface area (Å²) in [7, 11) is 0. The monoisotopic (exact) mass is 223 g/mol. The Morgan fingerprint density at radius 1 is 1.40 bits per heavy atom. The molecule has 1 heterocycles. The first-order valence-electron chi connectivity index (χ1n) is 4.10. The van der Waals surface area contributed by atoms with E-state index >= 15 is 0 Å². The maximum Gasteiger partial charge on any atom is 0.338 e. The van der Waals surface area contributed by atoms with Crippen molar-refractivity contribution in [1.82, 2.24) is 4.98 Å². The van der Waals surface area contributed by atoms with Crippen LogP contribution in [0.4, 0.5) is 0 Å². The van der Waals surface area contributed by atoms with E-state index in [9.17, 15) is 9.90 Å². The van der Waals surface area contributed by atoms with E-state index < -0.39 is 5.97 Å². The van der Waals surface area contributed by atoms with Crippen LogP contribution in [-0.2, 0) is 0 Å². The van der Waals surface area contributed by atoms with Crippen LogP contribution in [0.15, 0.2) is 24.4 Å². The van der Waals surface area contributed by atoms with Crippen LogP contribution in [-0.4, -0.2) is 21.2 Å². The molecule has 15 heavy (non-hydrogen) atoms. The van der Waals surface area contributed by atoms with Crippen molar-refractivity contribution in [3.05, 3.63) is 35.0 Å². The maximum absolute atomic E-state index is 10.8. The third-order valence-electron chi connectivity index (χ3n) is 2.04. The van der Waals surface area contributed by atoms with Crippen molar-refractivity contribution >= 4 is 28.5 Å². The third kappa shape index (κ3) is 1.49. The summed E-state index contributed by atoms with van der Waals surface area (Å²) in [5.41, 5.74) is 0.224. The molecule has 2 N–H and O–H groups in total. The normalized spacial score (nSPS) is 10.5. The third-order valence-corrected chi connectivity index (χ3v) is 2.45. The molecule has 0 unspecified atom stereocenters. The van der Waals surface area contributed by atoms with Gasteiger partial charge >= 0.3 is 5.97 Å². The van der Waals surface area contributed by atoms with Crippen molar-refractivity contribution in [3.63, 3.8) is 0 Å². The topological polar surface area (TPSA) is 70.4 Å². The van der Waals surface area contributed by atoms with E-state index in [0.29, 0.717) is 10.9 Å². The number of carboxylic acids is 1. The molecule has 0 saturated carbocycles. The van der Waals surface area contributed by atoms with Crippen LogP contribution in [0, 0.1) is 0 Å². The van der Waals surface area contributed by atoms with Crippen LogP contribution < -0.4 is 0 Å². The van der Waals surface area contributed by atoms with Gasteiger partial charge in [0.2, 0.25) is 0 Å². The lowest BCUT2D eigenvalue weighted by Crippen LogP contribution is -1.99. The highest BCUT2D eigenvalue weighted by Gasteiger charge is 2.13. The molecule has 76 valence electrons. The molecule has 2 aromatic rings. The number of halogens is 1. The zero-order valence-electron chi connectivity index (χ0n) is 7.44. The first kappa shape index (κ1) is 9.73. The van der Waals surface area contributed by atoms with E-state index in [2.05, 4.69) is 4.98 Å². The number of hydrogen-bond donors (Lipinski definition) is 2. The number of aromatic nitrogens is 1. The van der Waals surface area contributed by atoms with Gasteiger partial charge < -0.3 is 10.2 Å². The molecule has 0 radical (unpaired) electrons. The molecule has 0 spiro atoms. The molecule has 4 nitrogen and oxygen atoms in total. The zero-order valence-corrected chi connectivity index (χ0v) is 8.19. The van der Waals surface area contributed by atoms with Gasteiger partial charge in [0, 0.05) is 11.6 Å². The molecule has 0 fully saturated rings. The molecule has 0 aliphatic rings. The second-order valence-electron chi connectivity index (χ2n) is 2.96. The van der Waals surface area contributed by atoms with Crippen molar-refractivity contribution in [2.24, 2.45) is 0 Å². The highest BCUT2D eigenvalue weighted by molar-refractivity contribution is 6.38. The standard InChI is InChI=1S/C10H6ClNO3/c11-8-5-2-1-3-7(13)9(5)12-4-6(8)10(14)15/h1-4,13H,(H,14,15). The molecule has 1 aromatic heterocycles. The Morgan fingerprint density at radius 2 is 2.13 bits per heavy atom. The fraction of sp³-hybridized carbons (Fsp3) is 0. The van der Waals surface area contributed by atoms with E-state index in [1.807, 2.05) is 0 Å². The SMILES string of the molecule is O=C(O)c1cnc2c(O)cccc2c1Cl. The number of nitrogens with zero attached hydrogens (tertiary/aromatic N) is 1. The summed E-state index contributed by atoms with van der Waals surface area (Å²) >= 11 is 5.88. The molecule has 1 aromatic carbocycles. The maximum atomic E-state index is 10.8. The van der Waals surface area contributed by atoms with Crippen LogP contribution in [0.25, 0.3) is 10.9 Å². The predicted molar refractivity (Wildman–Crippen MR) is 55.4 cm³/mol. The summed E-state index contributed by atoms with van der Waals surface area (Å²) in [6.45, 7) is 0. The Balaban J connectivity index is 2.86. The minimum atomic E-state index is -1.14. The quantitative estimate of drug-likeness (QED) is 0.778. The van der Waals surface area contributed by atoms with E-state index in [-0.39, 0.29) is 16.3 Å². The number of para-hydroxylation sites is 1. The van der Waals surface area contributed by atoms with Crippen molar-refractivity contribution in [3.8, 4) is 5.75 Å². The predicted octanol–water partition coefficient (Wildman–Crippen LogP) is 2.29. The lowest BCUT2D eigenvalue weighted by molar-refractivity contribution is 0.0697. The van der Waals surface area contributed by atoms with Crippen molar-refractivity contribution in [2.45, 2.75) is 0 Å². The van der Waals surface area contributed by atoms with Gasteiger partial charge in [0.25, 0.3) is 0 Å². The van der Waals surface area contributed by atoms with Crippen LogP contribution in [0.5, 0.6) is 5.75 Å². The van der Waals surface area contributed by atoms with Gasteiger partial charge in [0.1, 0.15) is 11.3 Å². The number of fused-ring (bicyclic) bond motifs is 1. The average Bonchev–Trinajstić information content (AvgIpc) is 2.19. The fourth-order valence-corrected chi connectivity index (χ4v) is 1.61. The molecule has 0 aliphatic heterocycles. The molecular weight excluding hydrogens is 218 g/mol. The van der Waals surface area contributed by atoms with Gasteiger partial charge in [0.15, 0.2) is 0 Å². The zero-order chi connectivity index (χ0) is 11.0. The first-order chi connectivity index (χ1) is 7.11. The van der Waals surface area contributed by atoms with Crippen molar-refractivity contribution in [1.29, 1.82) is 0 Å². The molecular formula is C10H6ClNO3. The first-order valence-corrected chi connectivity index (χ1v) is 4.48. The second kappa shape index (κ2) is 3.40. The molecule has 5 heteroatoms.